The van der Waals surface area contributed by atoms with Crippen LogP contribution in [0.3, 0.4) is 0 Å². The van der Waals surface area contributed by atoms with Crippen molar-refractivity contribution in [2.24, 2.45) is 0 Å². The predicted molar refractivity (Wildman–Crippen MR) is 120 cm³/mol. The molecule has 9 heteroatoms. The number of nitrogens with zero attached hydrogens (tertiary/aromatic N) is 2. The zero-order chi connectivity index (χ0) is 21.3. The summed E-state index contributed by atoms with van der Waals surface area (Å²) in [5, 5.41) is 6.89. The number of carbonyl (C=O) groups is 1. The van der Waals surface area contributed by atoms with Gasteiger partial charge in [0.15, 0.2) is 0 Å². The van der Waals surface area contributed by atoms with Crippen LogP contribution >= 0.6 is 15.9 Å². The third-order valence-electron chi connectivity index (χ3n) is 4.40. The summed E-state index contributed by atoms with van der Waals surface area (Å²) in [5.74, 6) is 0.0797. The molecule has 0 saturated carbocycles. The third-order valence-corrected chi connectivity index (χ3v) is 6.38. The number of nitrogens with one attached hydrogen (secondary N) is 2. The monoisotopic (exact) mass is 484 g/mol. The molecule has 0 radical (unpaired) electrons. The largest absolute Gasteiger partial charge is 0.326 e. The minimum atomic E-state index is -3.88. The van der Waals surface area contributed by atoms with Crippen molar-refractivity contribution < 1.29 is 13.2 Å². The van der Waals surface area contributed by atoms with Crippen molar-refractivity contribution in [3.63, 3.8) is 0 Å². The Morgan fingerprint density at radius 3 is 2.37 bits per heavy atom. The van der Waals surface area contributed by atoms with Gasteiger partial charge in [0.2, 0.25) is 5.91 Å². The van der Waals surface area contributed by atoms with Gasteiger partial charge in [0.05, 0.1) is 21.1 Å². The molecular formula is C21H17BrN4O3S. The number of hydrogen-bond donors (Lipinski definition) is 2. The van der Waals surface area contributed by atoms with E-state index in [0.717, 1.165) is 21.1 Å². The Bertz CT molecular complexity index is 1330. The molecule has 4 aromatic rings. The molecule has 0 aliphatic heterocycles. The van der Waals surface area contributed by atoms with Crippen LogP contribution in [0.1, 0.15) is 6.92 Å². The quantitative estimate of drug-likeness (QED) is 0.435. The molecule has 0 fully saturated rings. The lowest BCUT2D eigenvalue weighted by molar-refractivity contribution is -0.114. The van der Waals surface area contributed by atoms with Gasteiger partial charge in [0.25, 0.3) is 10.0 Å². The molecule has 0 atom stereocenters. The summed E-state index contributed by atoms with van der Waals surface area (Å²) in [6.45, 7) is 1.39. The van der Waals surface area contributed by atoms with Crippen LogP contribution in [-0.2, 0) is 14.8 Å². The highest BCUT2D eigenvalue weighted by molar-refractivity contribution is 9.10. The molecule has 7 nitrogen and oxygen atoms in total. The van der Waals surface area contributed by atoms with Crippen molar-refractivity contribution in [1.29, 1.82) is 0 Å². The summed E-state index contributed by atoms with van der Waals surface area (Å²) in [6.07, 6.45) is 1.62. The number of sulfonamides is 1. The fraction of sp³-hybridized carbons (Fsp3) is 0.0476. The van der Waals surface area contributed by atoms with Crippen LogP contribution in [0.4, 0.5) is 11.5 Å². The number of carbonyl (C=O) groups excluding carboxylic acids is 1. The average Bonchev–Trinajstić information content (AvgIpc) is 3.09. The maximum absolute atomic E-state index is 13.0. The van der Waals surface area contributed by atoms with Gasteiger partial charge in [-0.25, -0.2) is 12.9 Å². The lowest BCUT2D eigenvalue weighted by Gasteiger charge is -2.13. The lowest BCUT2D eigenvalue weighted by Crippen LogP contribution is -2.16. The van der Waals surface area contributed by atoms with Crippen molar-refractivity contribution >= 4 is 48.9 Å². The molecule has 2 N–H and O–H groups in total. The van der Waals surface area contributed by atoms with E-state index in [1.54, 1.807) is 12.3 Å². The minimum Gasteiger partial charge on any atom is -0.326 e. The predicted octanol–water partition coefficient (Wildman–Crippen LogP) is 4.52. The molecule has 2 aromatic carbocycles. The number of benzene rings is 2. The molecule has 152 valence electrons. The molecule has 0 unspecified atom stereocenters. The van der Waals surface area contributed by atoms with Gasteiger partial charge in [-0.15, -0.1) is 0 Å². The number of halogens is 1. The highest BCUT2D eigenvalue weighted by Gasteiger charge is 2.18. The maximum Gasteiger partial charge on any atom is 0.263 e. The number of fused-ring (bicyclic) bond motifs is 1. The van der Waals surface area contributed by atoms with E-state index >= 15 is 0 Å². The van der Waals surface area contributed by atoms with E-state index in [-0.39, 0.29) is 10.8 Å². The van der Waals surface area contributed by atoms with E-state index in [2.05, 4.69) is 31.1 Å². The molecular weight excluding hydrogens is 468 g/mol. The van der Waals surface area contributed by atoms with Crippen molar-refractivity contribution in [3.05, 3.63) is 77.4 Å². The van der Waals surface area contributed by atoms with Gasteiger partial charge in [-0.05, 0) is 63.5 Å². The van der Waals surface area contributed by atoms with Crippen molar-refractivity contribution in [2.75, 3.05) is 10.0 Å². The number of anilines is 2. The first-order valence-electron chi connectivity index (χ1n) is 8.97. The minimum absolute atomic E-state index is 0.0705. The van der Waals surface area contributed by atoms with Crippen molar-refractivity contribution in [2.45, 2.75) is 11.8 Å². The molecule has 0 saturated heterocycles. The highest BCUT2D eigenvalue weighted by atomic mass is 79.9. The smallest absolute Gasteiger partial charge is 0.263 e. The summed E-state index contributed by atoms with van der Waals surface area (Å²) < 4.78 is 30.9. The maximum atomic E-state index is 13.0. The van der Waals surface area contributed by atoms with Crippen LogP contribution < -0.4 is 10.0 Å². The summed E-state index contributed by atoms with van der Waals surface area (Å²) in [4.78, 5) is 11.2. The standard InChI is InChI=1S/C21H17BrN4O3S/c1-14(27)24-17-7-9-18(10-8-17)30(28,29)25-21-12-16(15-5-3-2-4-6-15)11-20-19(22)13-23-26(20)21/h2-13,25H,1H3,(H,24,27). The van der Waals surface area contributed by atoms with Crippen LogP contribution in [0.25, 0.3) is 16.6 Å². The van der Waals surface area contributed by atoms with E-state index in [1.165, 1.54) is 35.7 Å². The molecule has 4 rings (SSSR count). The Kier molecular flexibility index (Phi) is 5.31. The van der Waals surface area contributed by atoms with Crippen molar-refractivity contribution in [1.82, 2.24) is 9.61 Å². The summed E-state index contributed by atoms with van der Waals surface area (Å²) in [6, 6.07) is 19.3. The lowest BCUT2D eigenvalue weighted by atomic mass is 10.1. The van der Waals surface area contributed by atoms with Gasteiger partial charge in [0.1, 0.15) is 5.82 Å². The molecule has 0 aliphatic rings. The summed E-state index contributed by atoms with van der Waals surface area (Å²) >= 11 is 3.46. The Morgan fingerprint density at radius 2 is 1.70 bits per heavy atom. The number of hydrogen-bond acceptors (Lipinski definition) is 4. The number of amides is 1. The van der Waals surface area contributed by atoms with Crippen LogP contribution in [0.2, 0.25) is 0 Å². The van der Waals surface area contributed by atoms with Gasteiger partial charge in [-0.3, -0.25) is 9.52 Å². The first-order chi connectivity index (χ1) is 14.3. The first-order valence-corrected chi connectivity index (χ1v) is 11.2. The Hall–Kier alpha value is -3.17. The van der Waals surface area contributed by atoms with Gasteiger partial charge >= 0.3 is 0 Å². The highest BCUT2D eigenvalue weighted by Crippen LogP contribution is 2.30. The van der Waals surface area contributed by atoms with Gasteiger partial charge in [0, 0.05) is 12.6 Å². The Morgan fingerprint density at radius 1 is 1.00 bits per heavy atom. The molecule has 2 heterocycles. The zero-order valence-electron chi connectivity index (χ0n) is 15.8. The summed E-state index contributed by atoms with van der Waals surface area (Å²) in [7, 11) is -3.88. The third kappa shape index (κ3) is 4.07. The number of aromatic nitrogens is 2. The fourth-order valence-electron chi connectivity index (χ4n) is 3.04. The molecule has 0 bridgehead atoms. The zero-order valence-corrected chi connectivity index (χ0v) is 18.2. The molecule has 2 aromatic heterocycles. The van der Waals surface area contributed by atoms with Crippen LogP contribution in [0.5, 0.6) is 0 Å². The van der Waals surface area contributed by atoms with E-state index < -0.39 is 10.0 Å². The first kappa shape index (κ1) is 20.1. The fourth-order valence-corrected chi connectivity index (χ4v) is 4.45. The number of pyridine rings is 1. The average molecular weight is 485 g/mol. The van der Waals surface area contributed by atoms with Gasteiger partial charge in [-0.1, -0.05) is 30.3 Å². The van der Waals surface area contributed by atoms with Crippen molar-refractivity contribution in [3.8, 4) is 11.1 Å². The SMILES string of the molecule is CC(=O)Nc1ccc(S(=O)(=O)Nc2cc(-c3ccccc3)cc3c(Br)cnn23)cc1. The van der Waals surface area contributed by atoms with E-state index in [0.29, 0.717) is 11.5 Å². The van der Waals surface area contributed by atoms with E-state index in [1.807, 2.05) is 36.4 Å². The second kappa shape index (κ2) is 7.92. The Labute approximate surface area is 181 Å². The normalized spacial score (nSPS) is 11.4. The van der Waals surface area contributed by atoms with Crippen LogP contribution in [0.15, 0.2) is 82.3 Å². The van der Waals surface area contributed by atoms with Crippen LogP contribution in [-0.4, -0.2) is 23.9 Å². The molecule has 0 aliphatic carbocycles. The number of rotatable bonds is 5. The summed E-state index contributed by atoms with van der Waals surface area (Å²) in [5.41, 5.74) is 3.05. The van der Waals surface area contributed by atoms with Crippen LogP contribution in [0, 0.1) is 0 Å². The molecule has 30 heavy (non-hydrogen) atoms. The molecule has 0 spiro atoms. The van der Waals surface area contributed by atoms with Gasteiger partial charge < -0.3 is 5.32 Å². The van der Waals surface area contributed by atoms with Gasteiger partial charge in [-0.2, -0.15) is 5.10 Å². The Balaban J connectivity index is 1.74. The topological polar surface area (TPSA) is 92.6 Å². The molecule has 1 amide bonds. The van der Waals surface area contributed by atoms with E-state index in [4.69, 9.17) is 0 Å². The second-order valence-electron chi connectivity index (χ2n) is 6.60. The van der Waals surface area contributed by atoms with E-state index in [9.17, 15) is 13.2 Å². The second-order valence-corrected chi connectivity index (χ2v) is 9.13.